The van der Waals surface area contributed by atoms with Gasteiger partial charge in [-0.05, 0) is 51.0 Å². The second kappa shape index (κ2) is 11.6. The van der Waals surface area contributed by atoms with Gasteiger partial charge in [0.05, 0.1) is 0 Å². The molecule has 30 heavy (non-hydrogen) atoms. The molecule has 0 bridgehead atoms. The lowest BCUT2D eigenvalue weighted by molar-refractivity contribution is 0.675. The van der Waals surface area contributed by atoms with E-state index in [1.165, 1.54) is 31.3 Å². The maximum absolute atomic E-state index is 3.59. The van der Waals surface area contributed by atoms with Crippen molar-refractivity contribution in [1.82, 2.24) is 16.0 Å². The molecule has 4 rings (SSSR count). The van der Waals surface area contributed by atoms with Crippen molar-refractivity contribution in [2.45, 2.75) is 39.3 Å². The Morgan fingerprint density at radius 2 is 0.800 bits per heavy atom. The van der Waals surface area contributed by atoms with Crippen LogP contribution >= 0.6 is 34.0 Å². The van der Waals surface area contributed by atoms with E-state index in [9.17, 15) is 0 Å². The average molecular weight is 454 g/mol. The number of benzene rings is 1. The van der Waals surface area contributed by atoms with Crippen LogP contribution < -0.4 is 16.0 Å². The molecule has 0 amide bonds. The summed E-state index contributed by atoms with van der Waals surface area (Å²) in [6, 6.07) is 19.9. The van der Waals surface area contributed by atoms with E-state index in [4.69, 9.17) is 0 Å². The zero-order chi connectivity index (χ0) is 20.4. The zero-order valence-electron chi connectivity index (χ0n) is 16.9. The highest BCUT2D eigenvalue weighted by molar-refractivity contribution is 7.10. The lowest BCUT2D eigenvalue weighted by Crippen LogP contribution is -2.16. The quantitative estimate of drug-likeness (QED) is 0.256. The van der Waals surface area contributed by atoms with Crippen LogP contribution in [-0.4, -0.2) is 0 Å². The third-order valence-corrected chi connectivity index (χ3v) is 7.37. The van der Waals surface area contributed by atoms with E-state index in [1.54, 1.807) is 34.0 Å². The third-order valence-electron chi connectivity index (χ3n) is 4.74. The number of rotatable bonds is 12. The van der Waals surface area contributed by atoms with Crippen LogP contribution in [0.3, 0.4) is 0 Å². The fourth-order valence-electron chi connectivity index (χ4n) is 3.38. The average Bonchev–Trinajstić information content (AvgIpc) is 3.52. The standard InChI is InChI=1S/C24H27N3S3/c1-4-22(28-7-1)16-25-13-19-10-20(14-26-17-23-5-2-8-29-23)12-21(11-19)15-27-18-24-6-3-9-30-24/h1-12,25-27H,13-18H2. The molecule has 3 N–H and O–H groups in total. The van der Waals surface area contributed by atoms with E-state index in [-0.39, 0.29) is 0 Å². The molecule has 0 unspecified atom stereocenters. The first-order valence-corrected chi connectivity index (χ1v) is 12.8. The van der Waals surface area contributed by atoms with Gasteiger partial charge >= 0.3 is 0 Å². The Kier molecular flexibility index (Phi) is 8.25. The molecule has 1 aromatic carbocycles. The van der Waals surface area contributed by atoms with Crippen molar-refractivity contribution in [3.8, 4) is 0 Å². The largest absolute Gasteiger partial charge is 0.308 e. The van der Waals surface area contributed by atoms with Gasteiger partial charge in [0.25, 0.3) is 0 Å². The number of hydrogen-bond donors (Lipinski definition) is 3. The van der Waals surface area contributed by atoms with Crippen LogP contribution in [0.25, 0.3) is 0 Å². The lowest BCUT2D eigenvalue weighted by Gasteiger charge is -2.12. The Balaban J connectivity index is 1.36. The molecule has 0 saturated carbocycles. The molecule has 3 aromatic heterocycles. The van der Waals surface area contributed by atoms with Crippen LogP contribution in [0.15, 0.2) is 70.7 Å². The van der Waals surface area contributed by atoms with Gasteiger partial charge in [-0.3, -0.25) is 0 Å². The summed E-state index contributed by atoms with van der Waals surface area (Å²) in [6.45, 7) is 5.41. The number of hydrogen-bond acceptors (Lipinski definition) is 6. The molecule has 0 radical (unpaired) electrons. The van der Waals surface area contributed by atoms with Crippen LogP contribution in [0, 0.1) is 0 Å². The molecule has 0 aliphatic heterocycles. The van der Waals surface area contributed by atoms with Crippen molar-refractivity contribution in [1.29, 1.82) is 0 Å². The minimum absolute atomic E-state index is 0.884. The van der Waals surface area contributed by atoms with Crippen molar-refractivity contribution < 1.29 is 0 Å². The van der Waals surface area contributed by atoms with Gasteiger partial charge in [-0.15, -0.1) is 34.0 Å². The van der Waals surface area contributed by atoms with Gasteiger partial charge < -0.3 is 16.0 Å². The Morgan fingerprint density at radius 3 is 1.07 bits per heavy atom. The molecular weight excluding hydrogens is 426 g/mol. The Labute approximate surface area is 190 Å². The highest BCUT2D eigenvalue weighted by atomic mass is 32.1. The predicted molar refractivity (Wildman–Crippen MR) is 131 cm³/mol. The van der Waals surface area contributed by atoms with E-state index in [1.807, 2.05) is 0 Å². The summed E-state index contributed by atoms with van der Waals surface area (Å²) in [5, 5.41) is 17.2. The summed E-state index contributed by atoms with van der Waals surface area (Å²) in [5.41, 5.74) is 4.03. The third kappa shape index (κ3) is 6.87. The van der Waals surface area contributed by atoms with Crippen molar-refractivity contribution in [2.24, 2.45) is 0 Å². The first-order chi connectivity index (χ1) is 14.8. The maximum Gasteiger partial charge on any atom is 0.0302 e. The second-order valence-corrected chi connectivity index (χ2v) is 10.3. The monoisotopic (exact) mass is 453 g/mol. The summed E-state index contributed by atoms with van der Waals surface area (Å²) < 4.78 is 0. The molecule has 0 fully saturated rings. The van der Waals surface area contributed by atoms with Crippen LogP contribution in [-0.2, 0) is 39.3 Å². The van der Waals surface area contributed by atoms with Crippen molar-refractivity contribution in [3.63, 3.8) is 0 Å². The summed E-state index contributed by atoms with van der Waals surface area (Å²) in [5.74, 6) is 0. The fourth-order valence-corrected chi connectivity index (χ4v) is 5.40. The SMILES string of the molecule is c1csc(CNCc2cc(CNCc3cccs3)cc(CNCc3cccs3)c2)c1. The van der Waals surface area contributed by atoms with Crippen LogP contribution in [0.2, 0.25) is 0 Å². The van der Waals surface area contributed by atoms with E-state index in [0.29, 0.717) is 0 Å². The molecular formula is C24H27N3S3. The second-order valence-electron chi connectivity index (χ2n) is 7.21. The molecule has 156 valence electrons. The van der Waals surface area contributed by atoms with Gasteiger partial charge in [-0.2, -0.15) is 0 Å². The van der Waals surface area contributed by atoms with Gasteiger partial charge in [-0.25, -0.2) is 0 Å². The maximum atomic E-state index is 3.59. The minimum atomic E-state index is 0.884. The van der Waals surface area contributed by atoms with Crippen LogP contribution in [0.1, 0.15) is 31.3 Å². The predicted octanol–water partition coefficient (Wildman–Crippen LogP) is 5.74. The Bertz CT molecular complexity index is 836. The van der Waals surface area contributed by atoms with E-state index < -0.39 is 0 Å². The van der Waals surface area contributed by atoms with Gasteiger partial charge in [-0.1, -0.05) is 36.4 Å². The number of thiophene rings is 3. The van der Waals surface area contributed by atoms with E-state index in [2.05, 4.69) is 86.7 Å². The Morgan fingerprint density at radius 1 is 0.467 bits per heavy atom. The molecule has 6 heteroatoms. The van der Waals surface area contributed by atoms with E-state index in [0.717, 1.165) is 39.3 Å². The molecule has 0 aliphatic carbocycles. The molecule has 0 atom stereocenters. The first-order valence-electron chi connectivity index (χ1n) is 10.2. The van der Waals surface area contributed by atoms with Gasteiger partial charge in [0.2, 0.25) is 0 Å². The summed E-state index contributed by atoms with van der Waals surface area (Å²) in [6.07, 6.45) is 0. The van der Waals surface area contributed by atoms with Crippen molar-refractivity contribution in [3.05, 3.63) is 102 Å². The minimum Gasteiger partial charge on any atom is -0.308 e. The van der Waals surface area contributed by atoms with Crippen molar-refractivity contribution >= 4 is 34.0 Å². The fraction of sp³-hybridized carbons (Fsp3) is 0.250. The molecule has 0 aliphatic rings. The van der Waals surface area contributed by atoms with Gasteiger partial charge in [0.15, 0.2) is 0 Å². The molecule has 4 aromatic rings. The van der Waals surface area contributed by atoms with Gasteiger partial charge in [0.1, 0.15) is 0 Å². The Hall–Kier alpha value is -1.80. The highest BCUT2D eigenvalue weighted by Gasteiger charge is 2.04. The molecule has 0 spiro atoms. The summed E-state index contributed by atoms with van der Waals surface area (Å²) in [7, 11) is 0. The summed E-state index contributed by atoms with van der Waals surface area (Å²) in [4.78, 5) is 4.13. The van der Waals surface area contributed by atoms with Crippen LogP contribution in [0.4, 0.5) is 0 Å². The summed E-state index contributed by atoms with van der Waals surface area (Å²) >= 11 is 5.41. The first kappa shape index (κ1) is 21.4. The zero-order valence-corrected chi connectivity index (χ0v) is 19.3. The van der Waals surface area contributed by atoms with Gasteiger partial charge in [0, 0.05) is 53.9 Å². The highest BCUT2D eigenvalue weighted by Crippen LogP contribution is 2.14. The normalized spacial score (nSPS) is 11.2. The molecule has 3 nitrogen and oxygen atoms in total. The lowest BCUT2D eigenvalue weighted by atomic mass is 10.0. The smallest absolute Gasteiger partial charge is 0.0302 e. The molecule has 0 saturated heterocycles. The topological polar surface area (TPSA) is 36.1 Å². The number of nitrogens with one attached hydrogen (secondary N) is 3. The van der Waals surface area contributed by atoms with E-state index >= 15 is 0 Å². The van der Waals surface area contributed by atoms with Crippen LogP contribution in [0.5, 0.6) is 0 Å². The van der Waals surface area contributed by atoms with Crippen molar-refractivity contribution in [2.75, 3.05) is 0 Å². The molecule has 3 heterocycles.